The maximum Gasteiger partial charge on any atom is 0.260 e. The number of anilines is 1. The van der Waals surface area contributed by atoms with E-state index in [2.05, 4.69) is 46.4 Å². The van der Waals surface area contributed by atoms with Crippen molar-refractivity contribution in [3.05, 3.63) is 46.4 Å². The van der Waals surface area contributed by atoms with Crippen LogP contribution in [0.25, 0.3) is 22.6 Å². The first-order chi connectivity index (χ1) is 15.0. The number of carbonyl (C=O) groups excluding carboxylic acids is 1. The third-order valence-electron chi connectivity index (χ3n) is 4.36. The summed E-state index contributed by atoms with van der Waals surface area (Å²) in [6, 6.07) is 10.5. The molecule has 0 aliphatic heterocycles. The largest absolute Gasteiger partial charge is 0.503 e. The van der Waals surface area contributed by atoms with Crippen LogP contribution in [0.15, 0.2) is 50.6 Å². The van der Waals surface area contributed by atoms with Gasteiger partial charge < -0.3 is 20.1 Å². The van der Waals surface area contributed by atoms with Gasteiger partial charge in [0.2, 0.25) is 0 Å². The molecule has 31 heavy (non-hydrogen) atoms. The van der Waals surface area contributed by atoms with Crippen LogP contribution in [0.2, 0.25) is 0 Å². The lowest BCUT2D eigenvalue weighted by Crippen LogP contribution is -2.23. The summed E-state index contributed by atoms with van der Waals surface area (Å²) in [4.78, 5) is 17.1. The third-order valence-corrected chi connectivity index (χ3v) is 4.96. The molecule has 0 aliphatic carbocycles. The molecule has 2 aromatic heterocycles. The van der Waals surface area contributed by atoms with E-state index < -0.39 is 5.91 Å². The lowest BCUT2D eigenvalue weighted by atomic mass is 10.2. The highest BCUT2D eigenvalue weighted by molar-refractivity contribution is 9.10. The number of halogens is 1. The molecule has 1 amide bonds. The van der Waals surface area contributed by atoms with Crippen molar-refractivity contribution in [2.24, 2.45) is 5.10 Å². The van der Waals surface area contributed by atoms with Gasteiger partial charge in [-0.2, -0.15) is 5.10 Å². The molecule has 4 aromatic rings. The second-order valence-electron chi connectivity index (χ2n) is 6.36. The van der Waals surface area contributed by atoms with Gasteiger partial charge in [0, 0.05) is 0 Å². The van der Waals surface area contributed by atoms with Gasteiger partial charge in [0.1, 0.15) is 6.54 Å². The number of amides is 1. The number of hydrogen-bond donors (Lipinski definition) is 3. The number of fused-ring (bicyclic) bond motifs is 1. The number of nitrogens with zero attached hydrogens (tertiary/aromatic N) is 5. The van der Waals surface area contributed by atoms with Gasteiger partial charge in [-0.3, -0.25) is 4.79 Å². The molecule has 4 N–H and O–H groups in total. The summed E-state index contributed by atoms with van der Waals surface area (Å²) < 4.78 is 11.9. The van der Waals surface area contributed by atoms with Crippen molar-refractivity contribution in [1.29, 1.82) is 0 Å². The topological polar surface area (TPSA) is 154 Å². The van der Waals surface area contributed by atoms with Gasteiger partial charge in [-0.05, 0) is 56.1 Å². The maximum atomic E-state index is 12.6. The van der Waals surface area contributed by atoms with E-state index in [4.69, 9.17) is 10.5 Å². The van der Waals surface area contributed by atoms with Gasteiger partial charge in [0.05, 0.1) is 28.8 Å². The Labute approximate surface area is 183 Å². The Balaban J connectivity index is 1.56. The zero-order valence-electron chi connectivity index (χ0n) is 16.1. The molecule has 158 valence electrons. The van der Waals surface area contributed by atoms with Gasteiger partial charge >= 0.3 is 0 Å². The summed E-state index contributed by atoms with van der Waals surface area (Å²) in [5.41, 5.74) is 10.5. The van der Waals surface area contributed by atoms with Crippen LogP contribution in [0.4, 0.5) is 5.82 Å². The number of phenolic OH excluding ortho intramolecular Hbond substituents is 1. The van der Waals surface area contributed by atoms with Crippen molar-refractivity contribution in [1.82, 2.24) is 25.3 Å². The number of phenols is 1. The Morgan fingerprint density at radius 3 is 2.94 bits per heavy atom. The molecule has 0 aliphatic rings. The van der Waals surface area contributed by atoms with Gasteiger partial charge in [-0.25, -0.2) is 15.0 Å². The Morgan fingerprint density at radius 2 is 2.19 bits per heavy atom. The number of aromatic hydroxyl groups is 1. The molecule has 2 aromatic carbocycles. The number of aromatic nitrogens is 4. The van der Waals surface area contributed by atoms with Crippen LogP contribution in [0.1, 0.15) is 5.56 Å². The van der Waals surface area contributed by atoms with Crippen LogP contribution in [-0.4, -0.2) is 44.2 Å². The first kappa shape index (κ1) is 20.3. The number of methoxy groups -OCH3 is 1. The summed E-state index contributed by atoms with van der Waals surface area (Å²) in [5.74, 6) is 0.272. The van der Waals surface area contributed by atoms with Crippen molar-refractivity contribution in [3.63, 3.8) is 0 Å². The van der Waals surface area contributed by atoms with E-state index in [0.29, 0.717) is 26.9 Å². The van der Waals surface area contributed by atoms with Crippen molar-refractivity contribution in [2.45, 2.75) is 6.54 Å². The van der Waals surface area contributed by atoms with E-state index in [9.17, 15) is 9.90 Å². The summed E-state index contributed by atoms with van der Waals surface area (Å²) in [6.45, 7) is -0.0952. The van der Waals surface area contributed by atoms with E-state index in [1.54, 1.807) is 16.7 Å². The number of nitrogens with one attached hydrogen (secondary N) is 1. The molecule has 0 atom stereocenters. The molecule has 0 fully saturated rings. The number of carbonyl (C=O) groups is 1. The fourth-order valence-electron chi connectivity index (χ4n) is 2.95. The first-order valence-corrected chi connectivity index (χ1v) is 9.69. The molecule has 0 saturated heterocycles. The minimum atomic E-state index is -0.402. The summed E-state index contributed by atoms with van der Waals surface area (Å²) in [5, 5.41) is 21.2. The number of ether oxygens (including phenoxy) is 1. The Bertz CT molecular complexity index is 1300. The van der Waals surface area contributed by atoms with Crippen LogP contribution in [0, 0.1) is 0 Å². The van der Waals surface area contributed by atoms with Crippen molar-refractivity contribution in [3.8, 4) is 23.0 Å². The minimum absolute atomic E-state index is 0.0233. The highest BCUT2D eigenvalue weighted by atomic mass is 79.9. The number of rotatable bonds is 6. The quantitative estimate of drug-likeness (QED) is 0.277. The number of para-hydroxylation sites is 2. The average Bonchev–Trinajstić information content (AvgIpc) is 3.33. The number of nitrogen functional groups attached to an aromatic ring is 1. The molecule has 0 saturated carbocycles. The normalized spacial score (nSPS) is 11.3. The average molecular weight is 486 g/mol. The van der Waals surface area contributed by atoms with Gasteiger partial charge in [-0.15, -0.1) is 0 Å². The summed E-state index contributed by atoms with van der Waals surface area (Å²) in [6.07, 6.45) is 1.43. The third kappa shape index (κ3) is 4.05. The lowest BCUT2D eigenvalue weighted by molar-refractivity contribution is -0.121. The standard InChI is InChI=1S/C19H16BrN7O4/c1-30-14-7-10(6-11(20)17(14)29)8-22-24-15(28)9-27-13-5-3-2-4-12(13)23-19(27)16-18(21)26-31-25-16/h2-8,29H,9H2,1H3,(H2,21,26)(H,24,28)/b22-8+. The number of benzene rings is 2. The predicted molar refractivity (Wildman–Crippen MR) is 116 cm³/mol. The molecule has 12 heteroatoms. The van der Waals surface area contributed by atoms with Crippen LogP contribution < -0.4 is 15.9 Å². The van der Waals surface area contributed by atoms with Crippen molar-refractivity contribution >= 4 is 44.9 Å². The molecule has 0 bridgehead atoms. The monoisotopic (exact) mass is 485 g/mol. The van der Waals surface area contributed by atoms with E-state index in [1.165, 1.54) is 13.3 Å². The smallest absolute Gasteiger partial charge is 0.260 e. The Kier molecular flexibility index (Phi) is 5.54. The molecule has 2 heterocycles. The zero-order chi connectivity index (χ0) is 22.0. The molecular formula is C19H16BrN7O4. The molecular weight excluding hydrogens is 470 g/mol. The van der Waals surface area contributed by atoms with Crippen LogP contribution in [0.5, 0.6) is 11.5 Å². The predicted octanol–water partition coefficient (Wildman–Crippen LogP) is 2.30. The molecule has 0 spiro atoms. The van der Waals surface area contributed by atoms with Gasteiger partial charge in [0.25, 0.3) is 5.91 Å². The van der Waals surface area contributed by atoms with E-state index in [1.807, 2.05) is 24.3 Å². The Morgan fingerprint density at radius 1 is 1.39 bits per heavy atom. The zero-order valence-corrected chi connectivity index (χ0v) is 17.7. The molecule has 0 radical (unpaired) electrons. The van der Waals surface area contributed by atoms with Gasteiger partial charge in [-0.1, -0.05) is 12.1 Å². The number of hydrogen-bond acceptors (Lipinski definition) is 9. The highest BCUT2D eigenvalue weighted by Gasteiger charge is 2.20. The fraction of sp³-hybridized carbons (Fsp3) is 0.105. The van der Waals surface area contributed by atoms with E-state index >= 15 is 0 Å². The summed E-state index contributed by atoms with van der Waals surface area (Å²) >= 11 is 3.24. The number of hydrazone groups is 1. The van der Waals surface area contributed by atoms with Crippen LogP contribution in [-0.2, 0) is 11.3 Å². The SMILES string of the molecule is COc1cc(/C=N/NC(=O)Cn2c(-c3nonc3N)nc3ccccc32)cc(Br)c1O. The number of imidazole rings is 1. The van der Waals surface area contributed by atoms with Gasteiger partial charge in [0.15, 0.2) is 28.8 Å². The van der Waals surface area contributed by atoms with Crippen LogP contribution >= 0.6 is 15.9 Å². The van der Waals surface area contributed by atoms with Crippen LogP contribution in [0.3, 0.4) is 0 Å². The minimum Gasteiger partial charge on any atom is -0.503 e. The van der Waals surface area contributed by atoms with E-state index in [0.717, 1.165) is 0 Å². The highest BCUT2D eigenvalue weighted by Crippen LogP contribution is 2.34. The Hall–Kier alpha value is -3.93. The molecule has 0 unspecified atom stereocenters. The molecule has 4 rings (SSSR count). The second kappa shape index (κ2) is 8.44. The second-order valence-corrected chi connectivity index (χ2v) is 7.21. The summed E-state index contributed by atoms with van der Waals surface area (Å²) in [7, 11) is 1.44. The first-order valence-electron chi connectivity index (χ1n) is 8.90. The van der Waals surface area contributed by atoms with Crippen molar-refractivity contribution < 1.29 is 19.3 Å². The van der Waals surface area contributed by atoms with E-state index in [-0.39, 0.29) is 29.6 Å². The van der Waals surface area contributed by atoms with Crippen molar-refractivity contribution in [2.75, 3.05) is 12.8 Å². The lowest BCUT2D eigenvalue weighted by Gasteiger charge is -2.07. The fourth-order valence-corrected chi connectivity index (χ4v) is 3.41. The number of nitrogens with two attached hydrogens (primary N) is 1. The molecule has 11 nitrogen and oxygen atoms in total. The maximum absolute atomic E-state index is 12.6.